The van der Waals surface area contributed by atoms with Crippen LogP contribution in [0.15, 0.2) is 96.6 Å². The Balaban J connectivity index is 1.32. The molecule has 2 N–H and O–H groups in total. The van der Waals surface area contributed by atoms with Gasteiger partial charge in [0.05, 0.1) is 46.7 Å². The molecule has 2 aliphatic heterocycles. The van der Waals surface area contributed by atoms with Crippen molar-refractivity contribution < 1.29 is 38.2 Å². The molecule has 274 valence electrons. The number of methoxy groups -OCH3 is 1. The summed E-state index contributed by atoms with van der Waals surface area (Å²) in [5.41, 5.74) is 3.04. The average molecular weight is 769 g/mol. The van der Waals surface area contributed by atoms with Crippen LogP contribution in [-0.2, 0) is 24.6 Å². The van der Waals surface area contributed by atoms with Gasteiger partial charge in [-0.15, -0.1) is 0 Å². The number of nitrogens with one attached hydrogen (secondary N) is 1. The number of hydrazine groups is 1. The molecule has 1 saturated carbocycles. The van der Waals surface area contributed by atoms with Crippen LogP contribution in [0.25, 0.3) is 0 Å². The van der Waals surface area contributed by atoms with Gasteiger partial charge < -0.3 is 9.84 Å². The first kappa shape index (κ1) is 35.5. The molecule has 6 unspecified atom stereocenters. The number of phenols is 1. The number of allylic oxidation sites excluding steroid dienone is 2. The molecule has 13 heteroatoms. The van der Waals surface area contributed by atoms with Gasteiger partial charge in [0.15, 0.2) is 17.3 Å². The molecule has 0 spiro atoms. The number of ketones is 1. The van der Waals surface area contributed by atoms with Crippen molar-refractivity contribution in [2.24, 2.45) is 23.7 Å². The van der Waals surface area contributed by atoms with E-state index >= 15 is 9.18 Å². The number of nitrogens with zero attached hydrogens (tertiary/aromatic N) is 2. The summed E-state index contributed by atoms with van der Waals surface area (Å²) >= 11 is 12.6. The Labute approximate surface area is 319 Å². The molecule has 2 saturated heterocycles. The van der Waals surface area contributed by atoms with Gasteiger partial charge in [-0.3, -0.25) is 34.3 Å². The number of carbonyl (C=O) groups excluding carboxylic acids is 5. The number of anilines is 2. The first-order valence-corrected chi connectivity index (χ1v) is 18.0. The molecule has 0 aromatic heterocycles. The minimum Gasteiger partial charge on any atom is -0.505 e. The zero-order chi connectivity index (χ0) is 38.2. The third-order valence-corrected chi connectivity index (χ3v) is 12.0. The molecule has 4 aliphatic rings. The van der Waals surface area contributed by atoms with E-state index in [1.54, 1.807) is 60.7 Å². The fourth-order valence-electron chi connectivity index (χ4n) is 9.05. The lowest BCUT2D eigenvalue weighted by molar-refractivity contribution is -0.138. The Kier molecular flexibility index (Phi) is 8.62. The molecule has 2 heterocycles. The van der Waals surface area contributed by atoms with E-state index in [4.69, 9.17) is 27.9 Å². The van der Waals surface area contributed by atoms with Crippen molar-refractivity contribution >= 4 is 64.0 Å². The van der Waals surface area contributed by atoms with Crippen molar-refractivity contribution in [1.29, 1.82) is 0 Å². The van der Waals surface area contributed by atoms with Gasteiger partial charge in [-0.1, -0.05) is 59.1 Å². The highest BCUT2D eigenvalue weighted by Crippen LogP contribution is 2.65. The third kappa shape index (κ3) is 5.16. The van der Waals surface area contributed by atoms with Crippen molar-refractivity contribution in [2.45, 2.75) is 31.1 Å². The highest BCUT2D eigenvalue weighted by Gasteiger charge is 2.70. The zero-order valence-electron chi connectivity index (χ0n) is 28.9. The number of para-hydroxylation sites is 1. The van der Waals surface area contributed by atoms with Crippen LogP contribution in [0.1, 0.15) is 47.2 Å². The number of aromatic hydroxyl groups is 1. The largest absolute Gasteiger partial charge is 0.505 e. The maximum absolute atomic E-state index is 15.4. The standard InChI is InChI=1S/C41H32Cl2FN3O7/c1-20(48)21-6-11-24(12-7-21)46-37(50)27-16-15-26-29(34(27)39(46)52)19-30-38(51)47(45-33-17-10-23(42)18-31(33)43)40(53)41(30,22-8-13-25(54-2)14-9-22)35(26)28-4-3-5-32(44)36(28)49/h3-15,17-18,27,29-30,34-35,45,49H,16,19H2,1-2H3. The molecule has 4 amide bonds. The molecule has 8 rings (SSSR count). The molecule has 4 aromatic carbocycles. The van der Waals surface area contributed by atoms with Gasteiger partial charge in [-0.2, -0.15) is 5.01 Å². The fourth-order valence-corrected chi connectivity index (χ4v) is 9.50. The molecular weight excluding hydrogens is 736 g/mol. The van der Waals surface area contributed by atoms with Crippen molar-refractivity contribution in [1.82, 2.24) is 5.01 Å². The van der Waals surface area contributed by atoms with Crippen LogP contribution in [0.3, 0.4) is 0 Å². The second-order valence-corrected chi connectivity index (χ2v) is 14.8. The predicted octanol–water partition coefficient (Wildman–Crippen LogP) is 7.24. The third-order valence-electron chi connectivity index (χ3n) is 11.4. The van der Waals surface area contributed by atoms with Crippen molar-refractivity contribution in [3.63, 3.8) is 0 Å². The highest BCUT2D eigenvalue weighted by molar-refractivity contribution is 6.36. The van der Waals surface area contributed by atoms with E-state index in [0.717, 1.165) is 16.0 Å². The number of rotatable bonds is 7. The van der Waals surface area contributed by atoms with Crippen LogP contribution in [0.5, 0.6) is 11.5 Å². The number of imide groups is 2. The van der Waals surface area contributed by atoms with E-state index in [-0.39, 0.29) is 34.9 Å². The van der Waals surface area contributed by atoms with Gasteiger partial charge in [-0.05, 0) is 91.9 Å². The fraction of sp³-hybridized carbons (Fsp3) is 0.244. The number of hydrogen-bond acceptors (Lipinski definition) is 8. The highest BCUT2D eigenvalue weighted by atomic mass is 35.5. The molecule has 3 fully saturated rings. The van der Waals surface area contributed by atoms with Gasteiger partial charge in [-0.25, -0.2) is 4.39 Å². The predicted molar refractivity (Wildman–Crippen MR) is 198 cm³/mol. The van der Waals surface area contributed by atoms with Gasteiger partial charge in [0.2, 0.25) is 11.8 Å². The number of fused-ring (bicyclic) bond motifs is 4. The second-order valence-electron chi connectivity index (χ2n) is 14.0. The number of amides is 4. The molecule has 4 aromatic rings. The second kappa shape index (κ2) is 13.1. The van der Waals surface area contributed by atoms with Crippen LogP contribution in [-0.4, -0.2) is 46.6 Å². The van der Waals surface area contributed by atoms with Crippen LogP contribution in [0, 0.1) is 29.5 Å². The lowest BCUT2D eigenvalue weighted by Gasteiger charge is -2.50. The lowest BCUT2D eigenvalue weighted by atomic mass is 9.49. The quantitative estimate of drug-likeness (QED) is 0.114. The van der Waals surface area contributed by atoms with E-state index in [2.05, 4.69) is 5.43 Å². The number of Topliss-reactive ketones (excluding diaryl/α,β-unsaturated/α-hetero) is 1. The summed E-state index contributed by atoms with van der Waals surface area (Å²) in [4.78, 5) is 71.8. The van der Waals surface area contributed by atoms with E-state index in [1.807, 2.05) is 0 Å². The minimum atomic E-state index is -1.77. The van der Waals surface area contributed by atoms with Gasteiger partial charge in [0.25, 0.3) is 11.8 Å². The summed E-state index contributed by atoms with van der Waals surface area (Å²) in [6.07, 6.45) is 1.89. The number of hydrogen-bond donors (Lipinski definition) is 2. The summed E-state index contributed by atoms with van der Waals surface area (Å²) in [6.45, 7) is 1.42. The monoisotopic (exact) mass is 767 g/mol. The lowest BCUT2D eigenvalue weighted by Crippen LogP contribution is -2.53. The summed E-state index contributed by atoms with van der Waals surface area (Å²) in [7, 11) is 1.49. The SMILES string of the molecule is COc1ccc(C23C(=O)N(Nc4ccc(Cl)cc4Cl)C(=O)C2CC2C(=CCC4C(=O)N(c5ccc(C(C)=O)cc5)C(=O)C42)C3c2cccc(F)c2O)cc1. The molecule has 54 heavy (non-hydrogen) atoms. The molecule has 0 bridgehead atoms. The topological polar surface area (TPSA) is 133 Å². The Morgan fingerprint density at radius 1 is 0.926 bits per heavy atom. The van der Waals surface area contributed by atoms with Gasteiger partial charge >= 0.3 is 0 Å². The average Bonchev–Trinajstić information content (AvgIpc) is 3.54. The van der Waals surface area contributed by atoms with Crippen molar-refractivity contribution in [3.8, 4) is 11.5 Å². The van der Waals surface area contributed by atoms with Gasteiger partial charge in [0.1, 0.15) is 5.75 Å². The first-order valence-electron chi connectivity index (χ1n) is 17.3. The Bertz CT molecular complexity index is 2310. The molecule has 6 atom stereocenters. The van der Waals surface area contributed by atoms with Crippen LogP contribution in [0.4, 0.5) is 15.8 Å². The molecule has 0 radical (unpaired) electrons. The van der Waals surface area contributed by atoms with Crippen LogP contribution in [0.2, 0.25) is 10.0 Å². The normalized spacial score (nSPS) is 25.9. The summed E-state index contributed by atoms with van der Waals surface area (Å²) in [5.74, 6) is -8.40. The van der Waals surface area contributed by atoms with Crippen molar-refractivity contribution in [3.05, 3.63) is 129 Å². The Hall–Kier alpha value is -5.52. The van der Waals surface area contributed by atoms with E-state index < -0.39 is 70.2 Å². The zero-order valence-corrected chi connectivity index (χ0v) is 30.4. The maximum atomic E-state index is 15.4. The van der Waals surface area contributed by atoms with E-state index in [9.17, 15) is 24.3 Å². The number of phenolic OH excluding ortho intramolecular Hbond substituents is 1. The van der Waals surface area contributed by atoms with Crippen molar-refractivity contribution in [2.75, 3.05) is 17.4 Å². The van der Waals surface area contributed by atoms with Crippen LogP contribution >= 0.6 is 23.2 Å². The smallest absolute Gasteiger partial charge is 0.260 e. The molecular formula is C41H32Cl2FN3O7. The number of ether oxygens (including phenoxy) is 1. The number of halogens is 3. The van der Waals surface area contributed by atoms with E-state index in [1.165, 1.54) is 38.3 Å². The number of benzene rings is 4. The minimum absolute atomic E-state index is 0.0289. The summed E-state index contributed by atoms with van der Waals surface area (Å²) in [6, 6.07) is 21.4. The summed E-state index contributed by atoms with van der Waals surface area (Å²) < 4.78 is 20.8. The van der Waals surface area contributed by atoms with E-state index in [0.29, 0.717) is 33.2 Å². The Morgan fingerprint density at radius 3 is 2.31 bits per heavy atom. The molecule has 10 nitrogen and oxygen atoms in total. The number of carbonyl (C=O) groups is 5. The summed E-state index contributed by atoms with van der Waals surface area (Å²) in [5, 5.41) is 12.8. The van der Waals surface area contributed by atoms with Crippen LogP contribution < -0.4 is 15.1 Å². The van der Waals surface area contributed by atoms with Gasteiger partial charge in [0, 0.05) is 22.1 Å². The maximum Gasteiger partial charge on any atom is 0.260 e. The Morgan fingerprint density at radius 2 is 1.65 bits per heavy atom. The first-order chi connectivity index (χ1) is 25.9. The molecule has 2 aliphatic carbocycles.